The molecule has 0 spiro atoms. The van der Waals surface area contributed by atoms with Crippen LogP contribution in [0.25, 0.3) is 5.78 Å². The fraction of sp³-hybridized carbons (Fsp3) is 0.455. The van der Waals surface area contributed by atoms with Gasteiger partial charge in [0.15, 0.2) is 0 Å². The number of aromatic nitrogens is 4. The van der Waals surface area contributed by atoms with Crippen LogP contribution < -0.4 is 10.2 Å². The summed E-state index contributed by atoms with van der Waals surface area (Å²) in [4.78, 5) is 22.7. The summed E-state index contributed by atoms with van der Waals surface area (Å²) in [5.74, 6) is 0.637. The molecule has 0 aliphatic carbocycles. The van der Waals surface area contributed by atoms with Gasteiger partial charge in [-0.3, -0.25) is 4.79 Å². The van der Waals surface area contributed by atoms with Crippen molar-refractivity contribution in [2.45, 2.75) is 39.8 Å². The van der Waals surface area contributed by atoms with Crippen molar-refractivity contribution < 1.29 is 14.4 Å². The number of aryl methyl sites for hydroxylation is 2. The van der Waals surface area contributed by atoms with E-state index >= 15 is 0 Å². The Morgan fingerprint density at radius 3 is 2.77 bits per heavy atom. The molecule has 3 aromatic rings. The summed E-state index contributed by atoms with van der Waals surface area (Å²) in [6.07, 6.45) is 2.55. The summed E-state index contributed by atoms with van der Waals surface area (Å²) in [6.45, 7) is 9.18. The van der Waals surface area contributed by atoms with E-state index in [0.29, 0.717) is 25.2 Å². The highest BCUT2D eigenvalue weighted by molar-refractivity contribution is 5.76. The molecule has 0 radical (unpaired) electrons. The van der Waals surface area contributed by atoms with E-state index in [2.05, 4.69) is 38.6 Å². The predicted octanol–water partition coefficient (Wildman–Crippen LogP) is 0.405. The third-order valence-electron chi connectivity index (χ3n) is 5.83. The van der Waals surface area contributed by atoms with Gasteiger partial charge in [-0.1, -0.05) is 24.3 Å². The van der Waals surface area contributed by atoms with Crippen LogP contribution in [-0.4, -0.2) is 51.8 Å². The van der Waals surface area contributed by atoms with E-state index in [1.165, 1.54) is 22.4 Å². The van der Waals surface area contributed by atoms with Gasteiger partial charge in [-0.15, -0.1) is 0 Å². The molecular weight excluding hydrogens is 380 g/mol. The molecule has 0 atom stereocenters. The summed E-state index contributed by atoms with van der Waals surface area (Å²) in [7, 11) is 0. The number of rotatable bonds is 7. The number of ether oxygens (including phenoxy) is 1. The second kappa shape index (κ2) is 9.32. The molecule has 4 rings (SSSR count). The van der Waals surface area contributed by atoms with Crippen LogP contribution in [-0.2, 0) is 29.0 Å². The number of hydrogen-bond acceptors (Lipinski definition) is 5. The highest BCUT2D eigenvalue weighted by Gasteiger charge is 2.16. The lowest BCUT2D eigenvalue weighted by atomic mass is 10.1. The molecule has 1 saturated heterocycles. The predicted molar refractivity (Wildman–Crippen MR) is 112 cm³/mol. The molecule has 2 aromatic heterocycles. The van der Waals surface area contributed by atoms with Gasteiger partial charge in [0.2, 0.25) is 5.91 Å². The number of nitrogens with zero attached hydrogens (tertiary/aromatic N) is 4. The van der Waals surface area contributed by atoms with Crippen LogP contribution in [0, 0.1) is 13.8 Å². The van der Waals surface area contributed by atoms with Gasteiger partial charge in [-0.25, -0.2) is 9.50 Å². The molecule has 8 heteroatoms. The molecular formula is C22H29N6O2+. The van der Waals surface area contributed by atoms with Gasteiger partial charge in [-0.05, 0) is 31.4 Å². The molecule has 0 bridgehead atoms. The van der Waals surface area contributed by atoms with Crippen LogP contribution in [0.1, 0.15) is 34.5 Å². The van der Waals surface area contributed by atoms with Crippen LogP contribution in [0.5, 0.6) is 0 Å². The fourth-order valence-corrected chi connectivity index (χ4v) is 4.05. The standard InChI is InChI=1S/C22H28N6O2/c1-16-20(17(2)28-22(26-16)24-15-25-28)7-8-21(29)23-13-18-5-3-4-6-19(18)14-27-9-11-30-12-10-27/h3-6,15H,7-14H2,1-2H3,(H,23,29)/p+1. The van der Waals surface area contributed by atoms with E-state index in [1.54, 1.807) is 4.52 Å². The molecule has 1 aliphatic rings. The zero-order chi connectivity index (χ0) is 20.9. The number of morpholine rings is 1. The van der Waals surface area contributed by atoms with Crippen LogP contribution >= 0.6 is 0 Å². The smallest absolute Gasteiger partial charge is 0.252 e. The number of amides is 1. The highest BCUT2D eigenvalue weighted by Crippen LogP contribution is 2.15. The van der Waals surface area contributed by atoms with Crippen molar-refractivity contribution in [1.29, 1.82) is 0 Å². The maximum Gasteiger partial charge on any atom is 0.252 e. The first-order valence-corrected chi connectivity index (χ1v) is 10.5. The Morgan fingerprint density at radius 1 is 1.20 bits per heavy atom. The molecule has 30 heavy (non-hydrogen) atoms. The minimum Gasteiger partial charge on any atom is -0.370 e. The minimum absolute atomic E-state index is 0.0426. The van der Waals surface area contributed by atoms with Crippen molar-refractivity contribution in [1.82, 2.24) is 24.9 Å². The van der Waals surface area contributed by atoms with Crippen LogP contribution in [0.3, 0.4) is 0 Å². The Bertz CT molecular complexity index is 1030. The molecule has 0 unspecified atom stereocenters. The van der Waals surface area contributed by atoms with E-state index in [1.807, 2.05) is 19.9 Å². The van der Waals surface area contributed by atoms with Crippen molar-refractivity contribution in [3.05, 3.63) is 58.7 Å². The third-order valence-corrected chi connectivity index (χ3v) is 5.83. The van der Waals surface area contributed by atoms with Gasteiger partial charge in [0, 0.05) is 29.9 Å². The van der Waals surface area contributed by atoms with Gasteiger partial charge in [-0.2, -0.15) is 10.1 Å². The molecule has 1 fully saturated rings. The molecule has 158 valence electrons. The molecule has 1 amide bonds. The average molecular weight is 410 g/mol. The fourth-order valence-electron chi connectivity index (χ4n) is 4.05. The molecule has 2 N–H and O–H groups in total. The molecule has 3 heterocycles. The van der Waals surface area contributed by atoms with Crippen LogP contribution in [0.4, 0.5) is 0 Å². The Balaban J connectivity index is 1.34. The first kappa shape index (κ1) is 20.4. The van der Waals surface area contributed by atoms with Crippen LogP contribution in [0.2, 0.25) is 0 Å². The normalized spacial score (nSPS) is 14.9. The van der Waals surface area contributed by atoms with E-state index in [9.17, 15) is 4.79 Å². The SMILES string of the molecule is Cc1nc2ncnn2c(C)c1CCC(=O)NCc1ccccc1C[NH+]1CCOCC1. The second-order valence-electron chi connectivity index (χ2n) is 7.82. The van der Waals surface area contributed by atoms with Gasteiger partial charge in [0.05, 0.1) is 13.2 Å². The maximum atomic E-state index is 12.5. The monoisotopic (exact) mass is 409 g/mol. The van der Waals surface area contributed by atoms with E-state index in [0.717, 1.165) is 49.8 Å². The van der Waals surface area contributed by atoms with Crippen molar-refractivity contribution in [2.24, 2.45) is 0 Å². The Hall–Kier alpha value is -2.84. The lowest BCUT2D eigenvalue weighted by Gasteiger charge is -2.24. The zero-order valence-corrected chi connectivity index (χ0v) is 17.6. The van der Waals surface area contributed by atoms with E-state index in [4.69, 9.17) is 4.74 Å². The molecule has 1 aliphatic heterocycles. The summed E-state index contributed by atoms with van der Waals surface area (Å²) in [6, 6.07) is 8.37. The van der Waals surface area contributed by atoms with Crippen molar-refractivity contribution >= 4 is 11.7 Å². The largest absolute Gasteiger partial charge is 0.370 e. The molecule has 8 nitrogen and oxygen atoms in total. The molecule has 1 aromatic carbocycles. The lowest BCUT2D eigenvalue weighted by Crippen LogP contribution is -3.12. The topological polar surface area (TPSA) is 85.8 Å². The first-order chi connectivity index (χ1) is 14.6. The van der Waals surface area contributed by atoms with Gasteiger partial charge in [0.1, 0.15) is 26.0 Å². The van der Waals surface area contributed by atoms with Gasteiger partial charge in [0.25, 0.3) is 5.78 Å². The summed E-state index contributed by atoms with van der Waals surface area (Å²) < 4.78 is 7.18. The number of carbonyl (C=O) groups excluding carboxylic acids is 1. The third kappa shape index (κ3) is 4.66. The lowest BCUT2D eigenvalue weighted by molar-refractivity contribution is -0.921. The Morgan fingerprint density at radius 2 is 1.97 bits per heavy atom. The maximum absolute atomic E-state index is 12.5. The highest BCUT2D eigenvalue weighted by atomic mass is 16.5. The minimum atomic E-state index is 0.0426. The molecule has 0 saturated carbocycles. The quantitative estimate of drug-likeness (QED) is 0.590. The van der Waals surface area contributed by atoms with E-state index < -0.39 is 0 Å². The average Bonchev–Trinajstić information content (AvgIpc) is 3.22. The van der Waals surface area contributed by atoms with E-state index in [-0.39, 0.29) is 5.91 Å². The van der Waals surface area contributed by atoms with Crippen LogP contribution in [0.15, 0.2) is 30.6 Å². The Labute approximate surface area is 176 Å². The van der Waals surface area contributed by atoms with Gasteiger partial charge < -0.3 is 15.0 Å². The number of carbonyl (C=O) groups is 1. The number of fused-ring (bicyclic) bond motifs is 1. The summed E-state index contributed by atoms with van der Waals surface area (Å²) >= 11 is 0. The number of nitrogens with one attached hydrogen (secondary N) is 2. The Kier molecular flexibility index (Phi) is 6.35. The number of quaternary nitrogens is 1. The van der Waals surface area contributed by atoms with Gasteiger partial charge >= 0.3 is 0 Å². The van der Waals surface area contributed by atoms with Crippen molar-refractivity contribution in [3.63, 3.8) is 0 Å². The summed E-state index contributed by atoms with van der Waals surface area (Å²) in [5.41, 5.74) is 5.42. The first-order valence-electron chi connectivity index (χ1n) is 10.5. The van der Waals surface area contributed by atoms with Crippen molar-refractivity contribution in [3.8, 4) is 0 Å². The number of hydrogen-bond donors (Lipinski definition) is 2. The zero-order valence-electron chi connectivity index (χ0n) is 17.6. The number of benzene rings is 1. The second-order valence-corrected chi connectivity index (χ2v) is 7.82. The van der Waals surface area contributed by atoms with Crippen molar-refractivity contribution in [2.75, 3.05) is 26.3 Å². The summed E-state index contributed by atoms with van der Waals surface area (Å²) in [5, 5.41) is 7.30.